The number of sulfone groups is 2. The zero-order valence-electron chi connectivity index (χ0n) is 35.9. The van der Waals surface area contributed by atoms with Gasteiger partial charge in [-0.2, -0.15) is 0 Å². The summed E-state index contributed by atoms with van der Waals surface area (Å²) in [6.45, 7) is 0.951. The number of anilines is 4. The van der Waals surface area contributed by atoms with Crippen LogP contribution in [0, 0.1) is 0 Å². The van der Waals surface area contributed by atoms with Crippen LogP contribution in [0.15, 0.2) is 92.4 Å². The fraction of sp³-hybridized carbons (Fsp3) is 0.297. The molecule has 4 rings (SSSR count). The van der Waals surface area contributed by atoms with Crippen molar-refractivity contribution in [1.82, 2.24) is 0 Å². The predicted molar refractivity (Wildman–Crippen MR) is 249 cm³/mol. The van der Waals surface area contributed by atoms with Crippen molar-refractivity contribution in [3.63, 3.8) is 0 Å². The molecule has 0 atom stereocenters. The van der Waals surface area contributed by atoms with Gasteiger partial charge in [0, 0.05) is 53.6 Å². The number of carbonyl (C=O) groups is 2. The second-order valence-corrected chi connectivity index (χ2v) is 19.8. The van der Waals surface area contributed by atoms with Crippen molar-refractivity contribution in [3.05, 3.63) is 95.1 Å². The molecule has 25 nitrogen and oxygen atoms in total. The molecule has 31 heteroatoms. The van der Waals surface area contributed by atoms with E-state index >= 15 is 0 Å². The molecule has 4 aromatic rings. The van der Waals surface area contributed by atoms with Crippen LogP contribution in [0.3, 0.4) is 0 Å². The summed E-state index contributed by atoms with van der Waals surface area (Å²) in [4.78, 5) is 23.9. The Morgan fingerprint density at radius 3 is 1.49 bits per heavy atom. The van der Waals surface area contributed by atoms with Crippen LogP contribution in [0.25, 0.3) is 0 Å². The lowest BCUT2D eigenvalue weighted by atomic mass is 10.0. The summed E-state index contributed by atoms with van der Waals surface area (Å²) in [5.41, 5.74) is 11.0. The third kappa shape index (κ3) is 20.5. The van der Waals surface area contributed by atoms with Gasteiger partial charge in [0.15, 0.2) is 44.3 Å². The molecule has 0 heterocycles. The molecule has 0 bridgehead atoms. The Kier molecular flexibility index (Phi) is 26.8. The highest BCUT2D eigenvalue weighted by atomic mass is 32.2. The number of carbonyl (C=O) groups excluding carboxylic acids is 2. The van der Waals surface area contributed by atoms with Crippen molar-refractivity contribution in [1.29, 1.82) is 0 Å². The number of hydrogen-bond acceptors (Lipinski definition) is 26. The molecule has 0 aliphatic heterocycles. The minimum atomic E-state index is -3.74. The van der Waals surface area contributed by atoms with Gasteiger partial charge in [0.1, 0.15) is 0 Å². The number of nitrogens with one attached hydrogen (secondary N) is 4. The lowest BCUT2D eigenvalue weighted by molar-refractivity contribution is -0.434. The van der Waals surface area contributed by atoms with Crippen LogP contribution in [0.5, 0.6) is 0 Å². The summed E-state index contributed by atoms with van der Waals surface area (Å²) < 4.78 is 77.3. The van der Waals surface area contributed by atoms with Gasteiger partial charge in [-0.3, -0.25) is 13.2 Å². The first-order valence-electron chi connectivity index (χ1n) is 19.1. The largest absolute Gasteiger partial charge is 0.388 e. The quantitative estimate of drug-likeness (QED) is 0.0111. The first-order valence-corrected chi connectivity index (χ1v) is 25.2. The Morgan fingerprint density at radius 2 is 1.00 bits per heavy atom. The summed E-state index contributed by atoms with van der Waals surface area (Å²) in [6, 6.07) is 19.1. The standard InChI is InChI=1S/C19H24N2O10S3.C18H23N3O10S3/c1-13(22)21-18-12-16(20-2)6-5-14(18)3-4-15-11-17(7-8-19(15)32-30-28-23)34(25,26)10-9-27-33-31-29-24;1-20-14-6-4-12(16(10-14)21-18(19)22)2-3-13-5-7-15(11-17(13)32-30-28-23)34(25,26)9-8-27-33-31-29-24/h5-8,11-12,20,23-24H,3-4,9-10H2,1-2H3,(H,21,22);4-7,10-11,20,23-24H,2-3,8-9H2,1H3,(H3,19,21,22). The molecule has 0 aromatic heterocycles. The number of nitrogens with two attached hydrogens (primary N) is 1. The van der Waals surface area contributed by atoms with E-state index in [2.05, 4.69) is 58.8 Å². The maximum absolute atomic E-state index is 12.7. The molecule has 4 aromatic carbocycles. The van der Waals surface area contributed by atoms with E-state index in [4.69, 9.17) is 35.1 Å². The Hall–Kier alpha value is -4.04. The van der Waals surface area contributed by atoms with Crippen molar-refractivity contribution in [2.45, 2.75) is 52.2 Å². The van der Waals surface area contributed by atoms with E-state index in [9.17, 15) is 26.4 Å². The first kappa shape index (κ1) is 58.3. The fourth-order valence-corrected chi connectivity index (χ4v) is 9.81. The van der Waals surface area contributed by atoms with Crippen LogP contribution in [0.1, 0.15) is 29.2 Å². The van der Waals surface area contributed by atoms with Crippen molar-refractivity contribution in [3.8, 4) is 0 Å². The van der Waals surface area contributed by atoms with E-state index in [1.165, 1.54) is 37.3 Å². The smallest absolute Gasteiger partial charge is 0.316 e. The molecule has 0 unspecified atom stereocenters. The van der Waals surface area contributed by atoms with Crippen molar-refractivity contribution >= 4 is 103 Å². The minimum Gasteiger partial charge on any atom is -0.388 e. The molecule has 3 amide bonds. The van der Waals surface area contributed by atoms with Gasteiger partial charge in [-0.15, -0.1) is 17.3 Å². The molecule has 0 fully saturated rings. The van der Waals surface area contributed by atoms with E-state index in [1.54, 1.807) is 32.3 Å². The molecule has 0 radical (unpaired) electrons. The number of amides is 3. The van der Waals surface area contributed by atoms with Crippen LogP contribution in [0.2, 0.25) is 0 Å². The Labute approximate surface area is 407 Å². The highest BCUT2D eigenvalue weighted by molar-refractivity contribution is 7.95. The number of urea groups is 1. The first-order chi connectivity index (χ1) is 32.6. The fourth-order valence-electron chi connectivity index (χ4n) is 5.79. The zero-order valence-corrected chi connectivity index (χ0v) is 40.8. The number of rotatable bonds is 30. The summed E-state index contributed by atoms with van der Waals surface area (Å²) >= 11 is 1.92. The van der Waals surface area contributed by atoms with Gasteiger partial charge in [0.25, 0.3) is 0 Å². The third-order valence-corrected chi connectivity index (χ3v) is 14.4. The SMILES string of the molecule is CNc1ccc(CCc2cc(S(=O)(=O)CCOSOOO)ccc2SOOO)c(NC(C)=O)c1.CNc1ccc(CCc2ccc(S(=O)(=O)CCOSOOO)cc2SOOO)c(NC(N)=O)c1. The van der Waals surface area contributed by atoms with E-state index in [1.807, 2.05) is 24.3 Å². The summed E-state index contributed by atoms with van der Waals surface area (Å²) in [5.74, 6) is -0.950. The van der Waals surface area contributed by atoms with Gasteiger partial charge in [0.2, 0.25) is 5.91 Å². The maximum Gasteiger partial charge on any atom is 0.316 e. The average molecular weight is 1070 g/mol. The van der Waals surface area contributed by atoms with Crippen molar-refractivity contribution in [2.75, 3.05) is 60.1 Å². The molecule has 0 saturated heterocycles. The van der Waals surface area contributed by atoms with Gasteiger partial charge in [-0.05, 0) is 103 Å². The molecule has 0 spiro atoms. The Morgan fingerprint density at radius 1 is 0.559 bits per heavy atom. The second-order valence-electron chi connectivity index (χ2n) is 13.1. The monoisotopic (exact) mass is 1070 g/mol. The molecule has 10 N–H and O–H groups in total. The van der Waals surface area contributed by atoms with Crippen LogP contribution < -0.4 is 27.0 Å². The van der Waals surface area contributed by atoms with E-state index < -0.39 is 25.7 Å². The highest BCUT2D eigenvalue weighted by Gasteiger charge is 2.20. The summed E-state index contributed by atoms with van der Waals surface area (Å²) in [6.07, 6.45) is 1.76. The molecular weight excluding hydrogens is 1030 g/mol. The summed E-state index contributed by atoms with van der Waals surface area (Å²) in [7, 11) is -3.95. The number of primary amides is 1. The van der Waals surface area contributed by atoms with E-state index in [0.717, 1.165) is 34.5 Å². The van der Waals surface area contributed by atoms with Gasteiger partial charge in [0.05, 0.1) is 58.6 Å². The van der Waals surface area contributed by atoms with Crippen LogP contribution >= 0.6 is 48.7 Å². The average Bonchev–Trinajstić information content (AvgIpc) is 3.31. The zero-order chi connectivity index (χ0) is 50.0. The molecular formula is C37H47N5O20S6. The van der Waals surface area contributed by atoms with E-state index in [0.29, 0.717) is 70.0 Å². The Bertz CT molecular complexity index is 2440. The molecule has 0 aliphatic carbocycles. The van der Waals surface area contributed by atoms with Gasteiger partial charge in [-0.25, -0.2) is 42.7 Å². The molecule has 376 valence electrons. The second kappa shape index (κ2) is 31.2. The van der Waals surface area contributed by atoms with Crippen LogP contribution in [-0.4, -0.2) is 88.6 Å². The topological polar surface area (TPSA) is 350 Å². The maximum atomic E-state index is 12.7. The Balaban J connectivity index is 0.000000360. The van der Waals surface area contributed by atoms with Gasteiger partial charge >= 0.3 is 6.03 Å². The van der Waals surface area contributed by atoms with Gasteiger partial charge < -0.3 is 27.0 Å². The normalized spacial score (nSPS) is 11.4. The van der Waals surface area contributed by atoms with Crippen molar-refractivity contribution < 1.29 is 93.3 Å². The van der Waals surface area contributed by atoms with Crippen LogP contribution in [0.4, 0.5) is 27.5 Å². The van der Waals surface area contributed by atoms with E-state index in [-0.39, 0.29) is 65.1 Å². The lowest BCUT2D eigenvalue weighted by Crippen LogP contribution is -2.20. The molecule has 0 saturated carbocycles. The summed E-state index contributed by atoms with van der Waals surface area (Å²) in [5, 5.41) is 58.5. The highest BCUT2D eigenvalue weighted by Crippen LogP contribution is 2.32. The third-order valence-electron chi connectivity index (χ3n) is 8.87. The molecule has 0 aliphatic rings. The number of aryl methyl sites for hydroxylation is 4. The number of hydrogen-bond donors (Lipinski definition) is 9. The lowest BCUT2D eigenvalue weighted by Gasteiger charge is -2.14. The van der Waals surface area contributed by atoms with Gasteiger partial charge in [-0.1, -0.05) is 38.4 Å². The molecule has 68 heavy (non-hydrogen) atoms. The number of benzene rings is 4. The van der Waals surface area contributed by atoms with Crippen molar-refractivity contribution in [2.24, 2.45) is 5.73 Å². The minimum absolute atomic E-state index is 0.0114. The predicted octanol–water partition coefficient (Wildman–Crippen LogP) is 6.88. The van der Waals surface area contributed by atoms with Crippen LogP contribution in [-0.2, 0) is 96.0 Å².